The van der Waals surface area contributed by atoms with E-state index in [0.717, 1.165) is 57.3 Å². The van der Waals surface area contributed by atoms with Gasteiger partial charge in [0.25, 0.3) is 0 Å². The molecule has 2 aliphatic heterocycles. The fourth-order valence-corrected chi connectivity index (χ4v) is 5.15. The van der Waals surface area contributed by atoms with E-state index in [4.69, 9.17) is 15.5 Å². The van der Waals surface area contributed by atoms with E-state index < -0.39 is 17.6 Å². The summed E-state index contributed by atoms with van der Waals surface area (Å²) in [5, 5.41) is 8.73. The number of nitrogens with two attached hydrogens (primary N) is 1. The minimum Gasteiger partial charge on any atom is -0.383 e. The molecule has 0 saturated carbocycles. The third-order valence-electron chi connectivity index (χ3n) is 7.07. The number of aromatic nitrogens is 6. The molecular formula is C24H25F3N8O. The average Bonchev–Trinajstić information content (AvgIpc) is 3.27. The summed E-state index contributed by atoms with van der Waals surface area (Å²) in [6.45, 7) is 6.78. The molecule has 0 radical (unpaired) electrons. The molecule has 2 N–H and O–H groups in total. The molecule has 12 heteroatoms. The number of hydrogen-bond acceptors (Lipinski definition) is 8. The smallest absolute Gasteiger partial charge is 0.383 e. The third-order valence-corrected chi connectivity index (χ3v) is 7.07. The van der Waals surface area contributed by atoms with Gasteiger partial charge in [0.1, 0.15) is 22.4 Å². The summed E-state index contributed by atoms with van der Waals surface area (Å²) in [6.07, 6.45) is 0.164. The Morgan fingerprint density at radius 2 is 1.89 bits per heavy atom. The number of halogens is 3. The molecule has 0 atom stereocenters. The van der Waals surface area contributed by atoms with Crippen LogP contribution in [0, 0.1) is 5.41 Å². The highest BCUT2D eigenvalue weighted by molar-refractivity contribution is 5.99. The van der Waals surface area contributed by atoms with Crippen LogP contribution in [0.1, 0.15) is 31.4 Å². The van der Waals surface area contributed by atoms with Gasteiger partial charge in [0.2, 0.25) is 0 Å². The Morgan fingerprint density at radius 1 is 1.11 bits per heavy atom. The van der Waals surface area contributed by atoms with Crippen LogP contribution >= 0.6 is 0 Å². The van der Waals surface area contributed by atoms with Crippen molar-refractivity contribution in [2.75, 3.05) is 38.6 Å². The lowest BCUT2D eigenvalue weighted by Gasteiger charge is -2.43. The maximum Gasteiger partial charge on any atom is 0.419 e. The second-order valence-electron chi connectivity index (χ2n) is 10.1. The highest BCUT2D eigenvalue weighted by Gasteiger charge is 2.37. The summed E-state index contributed by atoms with van der Waals surface area (Å²) in [4.78, 5) is 15.3. The molecule has 0 unspecified atom stereocenters. The lowest BCUT2D eigenvalue weighted by molar-refractivity contribution is -0.137. The Hall–Kier alpha value is -3.38. The Bertz CT molecular complexity index is 1440. The summed E-state index contributed by atoms with van der Waals surface area (Å²) in [5.74, 6) is -0.566. The maximum atomic E-state index is 13.4. The fraction of sp³-hybridized carbons (Fsp3) is 0.458. The number of nitrogens with zero attached hydrogens (tertiary/aromatic N) is 7. The lowest BCUT2D eigenvalue weighted by atomic mass is 9.87. The monoisotopic (exact) mass is 498 g/mol. The number of ether oxygens (including phenoxy) is 1. The van der Waals surface area contributed by atoms with Crippen LogP contribution in [0.5, 0.6) is 0 Å². The van der Waals surface area contributed by atoms with Crippen molar-refractivity contribution in [2.24, 2.45) is 5.41 Å². The molecule has 0 aromatic carbocycles. The van der Waals surface area contributed by atoms with Gasteiger partial charge in [-0.1, -0.05) is 12.1 Å². The highest BCUT2D eigenvalue weighted by atomic mass is 19.4. The second kappa shape index (κ2) is 8.34. The number of piperidine rings is 1. The van der Waals surface area contributed by atoms with Crippen LogP contribution in [0.25, 0.3) is 33.3 Å². The molecule has 0 bridgehead atoms. The molecule has 2 fully saturated rings. The van der Waals surface area contributed by atoms with Gasteiger partial charge >= 0.3 is 6.18 Å². The zero-order chi connectivity index (χ0) is 25.1. The predicted octanol–water partition coefficient (Wildman–Crippen LogP) is 3.71. The summed E-state index contributed by atoms with van der Waals surface area (Å²) < 4.78 is 47.5. The molecular weight excluding hydrogens is 473 g/mol. The molecule has 0 spiro atoms. The number of likely N-dealkylation sites (tertiary alicyclic amines) is 1. The van der Waals surface area contributed by atoms with Gasteiger partial charge in [-0.25, -0.2) is 14.6 Å². The average molecular weight is 499 g/mol. The van der Waals surface area contributed by atoms with E-state index in [-0.39, 0.29) is 17.0 Å². The molecule has 9 nitrogen and oxygen atoms in total. The van der Waals surface area contributed by atoms with Crippen LogP contribution in [0.15, 0.2) is 30.6 Å². The Morgan fingerprint density at radius 3 is 2.58 bits per heavy atom. The summed E-state index contributed by atoms with van der Waals surface area (Å²) in [7, 11) is 0. The molecule has 188 valence electrons. The fourth-order valence-electron chi connectivity index (χ4n) is 5.15. The first-order valence-electron chi connectivity index (χ1n) is 11.8. The number of alkyl halides is 3. The van der Waals surface area contributed by atoms with E-state index in [1.54, 1.807) is 18.3 Å². The van der Waals surface area contributed by atoms with Crippen molar-refractivity contribution >= 4 is 27.9 Å². The van der Waals surface area contributed by atoms with Crippen LogP contribution < -0.4 is 5.73 Å². The Balaban J connectivity index is 1.34. The van der Waals surface area contributed by atoms with Crippen LogP contribution in [-0.4, -0.2) is 67.7 Å². The number of hydrogen-bond donors (Lipinski definition) is 1. The zero-order valence-corrected chi connectivity index (χ0v) is 19.7. The van der Waals surface area contributed by atoms with Crippen molar-refractivity contribution in [3.05, 3.63) is 36.2 Å². The lowest BCUT2D eigenvalue weighted by Crippen LogP contribution is -2.50. The van der Waals surface area contributed by atoms with E-state index in [0.29, 0.717) is 22.2 Å². The number of anilines is 1. The molecule has 0 amide bonds. The molecule has 6 rings (SSSR count). The van der Waals surface area contributed by atoms with Gasteiger partial charge in [-0.3, -0.25) is 4.98 Å². The van der Waals surface area contributed by atoms with Crippen molar-refractivity contribution in [1.82, 2.24) is 34.8 Å². The standard InChI is InChI=1S/C24H25F3N8O/c1-23(12-36-13-23)11-34-6-4-15(5-7-34)35-21-19(32-33-35)10-29-18-3-2-17(31-20(18)21)14-8-16(24(25,26)27)22(28)30-9-14/h2-3,8-10,15H,4-7,11-13H2,1H3,(H2,28,30). The first-order valence-corrected chi connectivity index (χ1v) is 11.8. The van der Waals surface area contributed by atoms with E-state index in [2.05, 4.69) is 32.1 Å². The number of fused-ring (bicyclic) bond motifs is 3. The number of rotatable bonds is 4. The van der Waals surface area contributed by atoms with Gasteiger partial charge in [0.15, 0.2) is 0 Å². The van der Waals surface area contributed by atoms with Gasteiger partial charge in [-0.2, -0.15) is 13.2 Å². The Kier molecular flexibility index (Phi) is 5.34. The quantitative estimate of drug-likeness (QED) is 0.454. The number of nitrogen functional groups attached to an aromatic ring is 1. The molecule has 4 aromatic heterocycles. The van der Waals surface area contributed by atoms with Crippen LogP contribution in [0.2, 0.25) is 0 Å². The van der Waals surface area contributed by atoms with Gasteiger partial charge in [-0.15, -0.1) is 5.10 Å². The van der Waals surface area contributed by atoms with Crippen molar-refractivity contribution in [3.8, 4) is 11.3 Å². The molecule has 2 aliphatic rings. The van der Waals surface area contributed by atoms with Gasteiger partial charge in [0, 0.05) is 36.8 Å². The largest absolute Gasteiger partial charge is 0.419 e. The van der Waals surface area contributed by atoms with E-state index in [9.17, 15) is 13.2 Å². The minimum absolute atomic E-state index is 0.141. The maximum absolute atomic E-state index is 13.4. The van der Waals surface area contributed by atoms with Crippen molar-refractivity contribution in [2.45, 2.75) is 32.0 Å². The van der Waals surface area contributed by atoms with Crippen molar-refractivity contribution in [1.29, 1.82) is 0 Å². The Labute approximate surface area is 204 Å². The first-order chi connectivity index (χ1) is 17.2. The van der Waals surface area contributed by atoms with Gasteiger partial charge < -0.3 is 15.4 Å². The molecule has 6 heterocycles. The minimum atomic E-state index is -4.61. The SMILES string of the molecule is CC1(CN2CCC(n3nnc4cnc5ccc(-c6cnc(N)c(C(F)(F)F)c6)nc5c43)CC2)COC1. The van der Waals surface area contributed by atoms with Crippen molar-refractivity contribution < 1.29 is 17.9 Å². The van der Waals surface area contributed by atoms with Gasteiger partial charge in [0.05, 0.1) is 42.2 Å². The summed E-state index contributed by atoms with van der Waals surface area (Å²) in [5.41, 5.74) is 7.77. The second-order valence-corrected chi connectivity index (χ2v) is 10.1. The van der Waals surface area contributed by atoms with Gasteiger partial charge in [-0.05, 0) is 31.0 Å². The van der Waals surface area contributed by atoms with E-state index in [1.807, 2.05) is 4.68 Å². The van der Waals surface area contributed by atoms with Crippen LogP contribution in [0.4, 0.5) is 19.0 Å². The normalized spacial score (nSPS) is 19.1. The third kappa shape index (κ3) is 4.03. The van der Waals surface area contributed by atoms with E-state index in [1.165, 1.54) is 6.20 Å². The summed E-state index contributed by atoms with van der Waals surface area (Å²) in [6, 6.07) is 4.49. The van der Waals surface area contributed by atoms with E-state index >= 15 is 0 Å². The van der Waals surface area contributed by atoms with Crippen molar-refractivity contribution in [3.63, 3.8) is 0 Å². The topological polar surface area (TPSA) is 108 Å². The molecule has 0 aliphatic carbocycles. The molecule has 2 saturated heterocycles. The zero-order valence-electron chi connectivity index (χ0n) is 19.7. The molecule has 36 heavy (non-hydrogen) atoms. The van der Waals surface area contributed by atoms with Crippen LogP contribution in [-0.2, 0) is 10.9 Å². The summed E-state index contributed by atoms with van der Waals surface area (Å²) >= 11 is 0. The molecule has 4 aromatic rings. The predicted molar refractivity (Wildman–Crippen MR) is 127 cm³/mol. The van der Waals surface area contributed by atoms with Crippen LogP contribution in [0.3, 0.4) is 0 Å². The number of pyridine rings is 3. The highest BCUT2D eigenvalue weighted by Crippen LogP contribution is 2.36. The first kappa shape index (κ1) is 23.0.